The number of hydrogen-bond acceptors (Lipinski definition) is 6. The molecule has 30 heavy (non-hydrogen) atoms. The number of nitrogens with zero attached hydrogens (tertiary/aromatic N) is 3. The highest BCUT2D eigenvalue weighted by atomic mass is 19.1. The topological polar surface area (TPSA) is 102 Å². The van der Waals surface area contributed by atoms with Gasteiger partial charge < -0.3 is 20.5 Å². The maximum absolute atomic E-state index is 14.9. The highest BCUT2D eigenvalue weighted by Crippen LogP contribution is 2.30. The van der Waals surface area contributed by atoms with Crippen molar-refractivity contribution in [2.45, 2.75) is 6.10 Å². The summed E-state index contributed by atoms with van der Waals surface area (Å²) < 4.78 is 20.3. The first-order chi connectivity index (χ1) is 14.6. The van der Waals surface area contributed by atoms with Gasteiger partial charge in [-0.1, -0.05) is 24.3 Å². The molecule has 1 aromatic heterocycles. The molecule has 4 rings (SSSR count). The number of halogens is 1. The fraction of sp³-hybridized carbons (Fsp3) is 0.227. The van der Waals surface area contributed by atoms with Crippen LogP contribution in [0.1, 0.15) is 10.4 Å². The quantitative estimate of drug-likeness (QED) is 0.687. The molecule has 1 fully saturated rings. The Morgan fingerprint density at radius 1 is 1.20 bits per heavy atom. The third-order valence-electron chi connectivity index (χ3n) is 5.01. The molecular formula is C22H21FN4O3. The maximum atomic E-state index is 14.9. The molecule has 1 unspecified atom stereocenters. The van der Waals surface area contributed by atoms with Crippen molar-refractivity contribution in [1.29, 1.82) is 0 Å². The number of aromatic nitrogens is 2. The fourth-order valence-corrected chi connectivity index (χ4v) is 3.47. The lowest BCUT2D eigenvalue weighted by molar-refractivity contribution is -0.0447. The summed E-state index contributed by atoms with van der Waals surface area (Å²) in [5, 5.41) is 9.34. The van der Waals surface area contributed by atoms with Crippen LogP contribution < -0.4 is 5.73 Å². The van der Waals surface area contributed by atoms with Gasteiger partial charge in [-0.3, -0.25) is 9.78 Å². The molecule has 154 valence electrons. The van der Waals surface area contributed by atoms with Crippen molar-refractivity contribution < 1.29 is 19.0 Å². The largest absolute Gasteiger partial charge is 0.394 e. The number of hydrogen-bond donors (Lipinski definition) is 2. The molecular weight excluding hydrogens is 387 g/mol. The van der Waals surface area contributed by atoms with Gasteiger partial charge in [0.1, 0.15) is 11.6 Å². The number of ether oxygens (including phenoxy) is 1. The second-order valence-electron chi connectivity index (χ2n) is 6.99. The molecule has 2 aromatic carbocycles. The van der Waals surface area contributed by atoms with E-state index in [1.165, 1.54) is 18.5 Å². The number of aliphatic hydroxyl groups is 1. The number of nitrogen functional groups attached to an aromatic ring is 1. The lowest BCUT2D eigenvalue weighted by atomic mass is 9.97. The zero-order chi connectivity index (χ0) is 21.1. The average molecular weight is 408 g/mol. The standard InChI is InChI=1S/C22H21FN4O3/c23-19-9-14(5-6-18(19)20-10-26-21(24)11-25-20)16-3-1-2-4-17(16)22(29)27-7-8-30-15(12-27)13-28/h1-6,9-11,15,28H,7-8,12-13H2,(H2,24,26). The monoisotopic (exact) mass is 408 g/mol. The predicted octanol–water partition coefficient (Wildman–Crippen LogP) is 2.37. The van der Waals surface area contributed by atoms with Crippen molar-refractivity contribution in [1.82, 2.24) is 14.9 Å². The maximum Gasteiger partial charge on any atom is 0.254 e. The zero-order valence-corrected chi connectivity index (χ0v) is 16.2. The molecule has 1 amide bonds. The van der Waals surface area contributed by atoms with E-state index >= 15 is 0 Å². The van der Waals surface area contributed by atoms with Gasteiger partial charge in [-0.25, -0.2) is 9.37 Å². The lowest BCUT2D eigenvalue weighted by Crippen LogP contribution is -2.47. The summed E-state index contributed by atoms with van der Waals surface area (Å²) in [7, 11) is 0. The molecule has 1 atom stereocenters. The minimum absolute atomic E-state index is 0.147. The van der Waals surface area contributed by atoms with Gasteiger partial charge in [-0.05, 0) is 29.3 Å². The first-order valence-electron chi connectivity index (χ1n) is 9.55. The Morgan fingerprint density at radius 3 is 2.77 bits per heavy atom. The van der Waals surface area contributed by atoms with Gasteiger partial charge in [-0.2, -0.15) is 0 Å². The molecule has 0 aliphatic carbocycles. The van der Waals surface area contributed by atoms with Gasteiger partial charge in [0.15, 0.2) is 0 Å². The highest BCUT2D eigenvalue weighted by Gasteiger charge is 2.26. The lowest BCUT2D eigenvalue weighted by Gasteiger charge is -2.32. The van der Waals surface area contributed by atoms with E-state index in [1.807, 2.05) is 0 Å². The van der Waals surface area contributed by atoms with E-state index in [2.05, 4.69) is 9.97 Å². The molecule has 0 saturated carbocycles. The van der Waals surface area contributed by atoms with Crippen LogP contribution >= 0.6 is 0 Å². The molecule has 3 aromatic rings. The number of rotatable bonds is 4. The molecule has 2 heterocycles. The Kier molecular flexibility index (Phi) is 5.69. The van der Waals surface area contributed by atoms with Crippen LogP contribution in [0.2, 0.25) is 0 Å². The van der Waals surface area contributed by atoms with Crippen LogP contribution in [0.4, 0.5) is 10.2 Å². The number of benzene rings is 2. The first-order valence-corrected chi connectivity index (χ1v) is 9.55. The summed E-state index contributed by atoms with van der Waals surface area (Å²) in [6.07, 6.45) is 2.40. The molecule has 7 nitrogen and oxygen atoms in total. The zero-order valence-electron chi connectivity index (χ0n) is 16.2. The third-order valence-corrected chi connectivity index (χ3v) is 5.01. The van der Waals surface area contributed by atoms with Crippen molar-refractivity contribution in [3.8, 4) is 22.4 Å². The normalized spacial score (nSPS) is 16.5. The summed E-state index contributed by atoms with van der Waals surface area (Å²) in [5.74, 6) is -0.392. The number of carbonyl (C=O) groups is 1. The number of morpholine rings is 1. The minimum atomic E-state index is -0.472. The van der Waals surface area contributed by atoms with E-state index in [0.29, 0.717) is 47.6 Å². The Hall–Kier alpha value is -3.36. The van der Waals surface area contributed by atoms with E-state index in [1.54, 1.807) is 41.3 Å². The van der Waals surface area contributed by atoms with Crippen molar-refractivity contribution >= 4 is 11.7 Å². The molecule has 0 bridgehead atoms. The Bertz CT molecular complexity index is 1060. The van der Waals surface area contributed by atoms with Gasteiger partial charge in [0, 0.05) is 24.2 Å². The summed E-state index contributed by atoms with van der Waals surface area (Å²) in [5.41, 5.74) is 7.89. The van der Waals surface area contributed by atoms with Gasteiger partial charge in [0.25, 0.3) is 5.91 Å². The number of aliphatic hydroxyl groups excluding tert-OH is 1. The molecule has 0 radical (unpaired) electrons. The smallest absolute Gasteiger partial charge is 0.254 e. The van der Waals surface area contributed by atoms with E-state index in [0.717, 1.165) is 0 Å². The predicted molar refractivity (Wildman–Crippen MR) is 110 cm³/mol. The Labute approximate surface area is 173 Å². The van der Waals surface area contributed by atoms with E-state index in [-0.39, 0.29) is 18.3 Å². The number of carbonyl (C=O) groups excluding carboxylic acids is 1. The van der Waals surface area contributed by atoms with Gasteiger partial charge in [0.05, 0.1) is 37.4 Å². The van der Waals surface area contributed by atoms with E-state index in [4.69, 9.17) is 10.5 Å². The number of amides is 1. The average Bonchev–Trinajstić information content (AvgIpc) is 2.79. The fourth-order valence-electron chi connectivity index (χ4n) is 3.47. The van der Waals surface area contributed by atoms with Crippen LogP contribution in [-0.2, 0) is 4.74 Å². The Balaban J connectivity index is 1.66. The van der Waals surface area contributed by atoms with Crippen LogP contribution in [0.25, 0.3) is 22.4 Å². The second-order valence-corrected chi connectivity index (χ2v) is 6.99. The summed E-state index contributed by atoms with van der Waals surface area (Å²) in [6, 6.07) is 11.8. The van der Waals surface area contributed by atoms with Gasteiger partial charge in [0.2, 0.25) is 0 Å². The van der Waals surface area contributed by atoms with Crippen molar-refractivity contribution in [2.75, 3.05) is 32.0 Å². The van der Waals surface area contributed by atoms with Gasteiger partial charge in [-0.15, -0.1) is 0 Å². The Morgan fingerprint density at radius 2 is 2.03 bits per heavy atom. The summed E-state index contributed by atoms with van der Waals surface area (Å²) >= 11 is 0. The minimum Gasteiger partial charge on any atom is -0.394 e. The third kappa shape index (κ3) is 4.00. The molecule has 1 saturated heterocycles. The van der Waals surface area contributed by atoms with Crippen molar-refractivity contribution in [3.05, 3.63) is 66.2 Å². The van der Waals surface area contributed by atoms with Gasteiger partial charge >= 0.3 is 0 Å². The van der Waals surface area contributed by atoms with E-state index < -0.39 is 11.9 Å². The van der Waals surface area contributed by atoms with Crippen molar-refractivity contribution in [2.24, 2.45) is 0 Å². The second kappa shape index (κ2) is 8.56. The van der Waals surface area contributed by atoms with E-state index in [9.17, 15) is 14.3 Å². The van der Waals surface area contributed by atoms with Crippen LogP contribution in [0.15, 0.2) is 54.9 Å². The molecule has 3 N–H and O–H groups in total. The number of nitrogens with two attached hydrogens (primary N) is 1. The first kappa shape index (κ1) is 19.9. The number of anilines is 1. The summed E-state index contributed by atoms with van der Waals surface area (Å²) in [6.45, 7) is 0.969. The molecule has 1 aliphatic heterocycles. The molecule has 8 heteroatoms. The molecule has 1 aliphatic rings. The van der Waals surface area contributed by atoms with Crippen LogP contribution in [-0.4, -0.2) is 58.3 Å². The molecule has 0 spiro atoms. The summed E-state index contributed by atoms with van der Waals surface area (Å²) in [4.78, 5) is 22.8. The van der Waals surface area contributed by atoms with Crippen LogP contribution in [0.5, 0.6) is 0 Å². The van der Waals surface area contributed by atoms with Crippen molar-refractivity contribution in [3.63, 3.8) is 0 Å². The SMILES string of the molecule is Nc1cnc(-c2ccc(-c3ccccc3C(=O)N3CCOC(CO)C3)cc2F)cn1. The highest BCUT2D eigenvalue weighted by molar-refractivity contribution is 6.01. The van der Waals surface area contributed by atoms with Crippen LogP contribution in [0, 0.1) is 5.82 Å². The van der Waals surface area contributed by atoms with Crippen LogP contribution in [0.3, 0.4) is 0 Å².